The van der Waals surface area contributed by atoms with Crippen molar-refractivity contribution < 1.29 is 21.6 Å². The van der Waals surface area contributed by atoms with Gasteiger partial charge in [-0.25, -0.2) is 25.9 Å². The highest BCUT2D eigenvalue weighted by molar-refractivity contribution is 7.89. The molecule has 0 aromatic heterocycles. The highest BCUT2D eigenvalue weighted by Crippen LogP contribution is 2.16. The van der Waals surface area contributed by atoms with Crippen molar-refractivity contribution in [1.29, 1.82) is 0 Å². The van der Waals surface area contributed by atoms with Gasteiger partial charge in [-0.2, -0.15) is 0 Å². The molecule has 0 amide bonds. The van der Waals surface area contributed by atoms with Crippen LogP contribution in [0.3, 0.4) is 0 Å². The van der Waals surface area contributed by atoms with Crippen LogP contribution in [0.15, 0.2) is 34.1 Å². The van der Waals surface area contributed by atoms with E-state index in [1.807, 2.05) is 0 Å². The van der Waals surface area contributed by atoms with Gasteiger partial charge in [0.05, 0.1) is 9.79 Å². The van der Waals surface area contributed by atoms with E-state index in [9.17, 15) is 16.8 Å². The quantitative estimate of drug-likeness (QED) is 0.687. The van der Waals surface area contributed by atoms with Crippen molar-refractivity contribution in [2.24, 2.45) is 0 Å². The molecule has 0 fully saturated rings. The number of nitrogens with zero attached hydrogens (tertiary/aromatic N) is 1. The summed E-state index contributed by atoms with van der Waals surface area (Å²) in [6.07, 6.45) is 0.558. The molecule has 0 aliphatic heterocycles. The van der Waals surface area contributed by atoms with Crippen LogP contribution in [0.25, 0.3) is 0 Å². The molecule has 0 spiro atoms. The van der Waals surface area contributed by atoms with E-state index in [0.29, 0.717) is 13.0 Å². The average Bonchev–Trinajstić information content (AvgIpc) is 2.43. The molecular formula is C12H20N2O5S2. The summed E-state index contributed by atoms with van der Waals surface area (Å²) in [5.74, 6) is 0. The number of benzene rings is 1. The molecule has 0 bridgehead atoms. The summed E-state index contributed by atoms with van der Waals surface area (Å²) in [7, 11) is -2.83. The van der Waals surface area contributed by atoms with Gasteiger partial charge >= 0.3 is 0 Å². The third-order valence-corrected chi connectivity index (χ3v) is 6.04. The molecule has 0 aliphatic carbocycles. The summed E-state index contributed by atoms with van der Waals surface area (Å²) in [5, 5.41) is 0. The van der Waals surface area contributed by atoms with Gasteiger partial charge in [-0.05, 0) is 30.7 Å². The van der Waals surface area contributed by atoms with Crippen LogP contribution in [0.2, 0.25) is 0 Å². The summed E-state index contributed by atoms with van der Waals surface area (Å²) in [4.78, 5) is 0.0726. The molecule has 120 valence electrons. The fourth-order valence-electron chi connectivity index (χ4n) is 1.51. The Labute approximate surface area is 126 Å². The molecule has 1 N–H and O–H groups in total. The first-order valence-electron chi connectivity index (χ1n) is 6.23. The lowest BCUT2D eigenvalue weighted by Crippen LogP contribution is -2.26. The van der Waals surface area contributed by atoms with E-state index in [1.54, 1.807) is 7.11 Å². The van der Waals surface area contributed by atoms with E-state index in [1.165, 1.54) is 38.4 Å². The predicted octanol–water partition coefficient (Wildman–Crippen LogP) is 0.252. The Bertz CT molecular complexity index is 651. The van der Waals surface area contributed by atoms with E-state index < -0.39 is 20.0 Å². The third-order valence-electron chi connectivity index (χ3n) is 2.73. The van der Waals surface area contributed by atoms with Crippen LogP contribution in [-0.4, -0.2) is 55.5 Å². The minimum Gasteiger partial charge on any atom is -0.385 e. The number of sulfonamides is 2. The summed E-state index contributed by atoms with van der Waals surface area (Å²) < 4.78 is 56.0. The first kappa shape index (κ1) is 18.1. The Balaban J connectivity index is 2.87. The van der Waals surface area contributed by atoms with Crippen molar-refractivity contribution in [1.82, 2.24) is 9.03 Å². The lowest BCUT2D eigenvalue weighted by atomic mass is 10.4. The van der Waals surface area contributed by atoms with E-state index in [2.05, 4.69) is 4.72 Å². The molecule has 0 unspecified atom stereocenters. The Morgan fingerprint density at radius 3 is 2.05 bits per heavy atom. The second-order valence-electron chi connectivity index (χ2n) is 4.50. The van der Waals surface area contributed by atoms with Crippen LogP contribution in [0.4, 0.5) is 0 Å². The molecule has 1 rings (SSSR count). The summed E-state index contributed by atoms with van der Waals surface area (Å²) in [6.45, 7) is 0.719. The maximum absolute atomic E-state index is 12.0. The topological polar surface area (TPSA) is 92.8 Å². The Morgan fingerprint density at radius 1 is 1.05 bits per heavy atom. The monoisotopic (exact) mass is 336 g/mol. The summed E-state index contributed by atoms with van der Waals surface area (Å²) in [6, 6.07) is 5.10. The molecule has 21 heavy (non-hydrogen) atoms. The number of nitrogens with one attached hydrogen (secondary N) is 1. The number of rotatable bonds is 8. The van der Waals surface area contributed by atoms with Crippen molar-refractivity contribution >= 4 is 20.0 Å². The molecule has 0 saturated carbocycles. The standard InChI is InChI=1S/C12H20N2O5S2/c1-14(2)21(17,18)12-7-5-11(6-8-12)20(15,16)13-9-4-10-19-3/h5-8,13H,4,9-10H2,1-3H3. The summed E-state index contributed by atoms with van der Waals surface area (Å²) in [5.41, 5.74) is 0. The number of ether oxygens (including phenoxy) is 1. The van der Waals surface area contributed by atoms with E-state index in [4.69, 9.17) is 4.74 Å². The number of methoxy groups -OCH3 is 1. The highest BCUT2D eigenvalue weighted by atomic mass is 32.2. The molecule has 7 nitrogen and oxygen atoms in total. The Hall–Kier alpha value is -1.00. The second-order valence-corrected chi connectivity index (χ2v) is 8.42. The van der Waals surface area contributed by atoms with Gasteiger partial charge in [0.25, 0.3) is 0 Å². The largest absolute Gasteiger partial charge is 0.385 e. The van der Waals surface area contributed by atoms with Gasteiger partial charge in [-0.15, -0.1) is 0 Å². The minimum absolute atomic E-state index is 0.0256. The van der Waals surface area contributed by atoms with Crippen LogP contribution in [0.1, 0.15) is 6.42 Å². The van der Waals surface area contributed by atoms with Crippen molar-refractivity contribution in [2.45, 2.75) is 16.2 Å². The molecular weight excluding hydrogens is 316 g/mol. The first-order chi connectivity index (χ1) is 9.71. The van der Waals surface area contributed by atoms with Crippen molar-refractivity contribution in [3.05, 3.63) is 24.3 Å². The molecule has 0 heterocycles. The lowest BCUT2D eigenvalue weighted by Gasteiger charge is -2.12. The third kappa shape index (κ3) is 4.75. The van der Waals surface area contributed by atoms with Gasteiger partial charge in [0.15, 0.2) is 0 Å². The minimum atomic E-state index is -3.64. The number of hydrogen-bond donors (Lipinski definition) is 1. The predicted molar refractivity (Wildman–Crippen MR) is 79.0 cm³/mol. The smallest absolute Gasteiger partial charge is 0.242 e. The van der Waals surface area contributed by atoms with Crippen LogP contribution < -0.4 is 4.72 Å². The van der Waals surface area contributed by atoms with Crippen LogP contribution in [-0.2, 0) is 24.8 Å². The maximum atomic E-state index is 12.0. The summed E-state index contributed by atoms with van der Waals surface area (Å²) >= 11 is 0. The first-order valence-corrected chi connectivity index (χ1v) is 9.15. The zero-order valence-corrected chi connectivity index (χ0v) is 13.9. The van der Waals surface area contributed by atoms with Gasteiger partial charge < -0.3 is 4.74 Å². The molecule has 1 aromatic carbocycles. The highest BCUT2D eigenvalue weighted by Gasteiger charge is 2.19. The average molecular weight is 336 g/mol. The van der Waals surface area contributed by atoms with Gasteiger partial charge in [0.1, 0.15) is 0 Å². The maximum Gasteiger partial charge on any atom is 0.242 e. The van der Waals surface area contributed by atoms with Crippen molar-refractivity contribution in [3.8, 4) is 0 Å². The van der Waals surface area contributed by atoms with Crippen molar-refractivity contribution in [2.75, 3.05) is 34.4 Å². The molecule has 9 heteroatoms. The van der Waals surface area contributed by atoms with Gasteiger partial charge in [0, 0.05) is 34.4 Å². The second kappa shape index (κ2) is 7.32. The van der Waals surface area contributed by atoms with Crippen molar-refractivity contribution in [3.63, 3.8) is 0 Å². The van der Waals surface area contributed by atoms with Gasteiger partial charge in [0.2, 0.25) is 20.0 Å². The molecule has 0 atom stereocenters. The van der Waals surface area contributed by atoms with Crippen LogP contribution in [0, 0.1) is 0 Å². The molecule has 0 aliphatic rings. The van der Waals surface area contributed by atoms with E-state index in [-0.39, 0.29) is 16.3 Å². The number of hydrogen-bond acceptors (Lipinski definition) is 5. The normalized spacial score (nSPS) is 12.8. The van der Waals surface area contributed by atoms with E-state index >= 15 is 0 Å². The van der Waals surface area contributed by atoms with Gasteiger partial charge in [-0.1, -0.05) is 0 Å². The van der Waals surface area contributed by atoms with Gasteiger partial charge in [-0.3, -0.25) is 0 Å². The SMILES string of the molecule is COCCCNS(=O)(=O)c1ccc(S(=O)(=O)N(C)C)cc1. The fourth-order valence-corrected chi connectivity index (χ4v) is 3.48. The molecule has 1 aromatic rings. The fraction of sp³-hybridized carbons (Fsp3) is 0.500. The molecule has 0 radical (unpaired) electrons. The Morgan fingerprint density at radius 2 is 1.57 bits per heavy atom. The van der Waals surface area contributed by atoms with Crippen LogP contribution >= 0.6 is 0 Å². The zero-order valence-electron chi connectivity index (χ0n) is 12.2. The lowest BCUT2D eigenvalue weighted by molar-refractivity contribution is 0.196. The van der Waals surface area contributed by atoms with E-state index in [0.717, 1.165) is 4.31 Å². The Kier molecular flexibility index (Phi) is 6.29. The van der Waals surface area contributed by atoms with Crippen LogP contribution in [0.5, 0.6) is 0 Å². The zero-order chi connectivity index (χ0) is 16.1. The molecule has 0 saturated heterocycles.